The van der Waals surface area contributed by atoms with Gasteiger partial charge in [-0.2, -0.15) is 0 Å². The van der Waals surface area contributed by atoms with E-state index in [-0.39, 0.29) is 5.82 Å². The fourth-order valence-electron chi connectivity index (χ4n) is 1.92. The van der Waals surface area contributed by atoms with E-state index in [1.54, 1.807) is 36.4 Å². The van der Waals surface area contributed by atoms with Gasteiger partial charge in [-0.15, -0.1) is 0 Å². The highest BCUT2D eigenvalue weighted by Gasteiger charge is 2.21. The zero-order valence-corrected chi connectivity index (χ0v) is 11.0. The van der Waals surface area contributed by atoms with E-state index in [1.807, 2.05) is 0 Å². The number of anilines is 1. The summed E-state index contributed by atoms with van der Waals surface area (Å²) < 4.78 is 18.1. The fraction of sp³-hybridized carbons (Fsp3) is 0.133. The van der Waals surface area contributed by atoms with Crippen LogP contribution in [-0.2, 0) is 4.79 Å². The number of ether oxygens (including phenoxy) is 1. The van der Waals surface area contributed by atoms with Crippen molar-refractivity contribution in [1.82, 2.24) is 0 Å². The first-order valence-electron chi connectivity index (χ1n) is 6.06. The molecular formula is C15H15FN2O2. The number of halogens is 1. The van der Waals surface area contributed by atoms with Gasteiger partial charge in [-0.1, -0.05) is 18.2 Å². The monoisotopic (exact) mass is 274 g/mol. The van der Waals surface area contributed by atoms with Crippen molar-refractivity contribution in [2.45, 2.75) is 6.04 Å². The third-order valence-corrected chi connectivity index (χ3v) is 2.89. The first-order valence-corrected chi connectivity index (χ1v) is 6.06. The highest BCUT2D eigenvalue weighted by molar-refractivity contribution is 5.85. The van der Waals surface area contributed by atoms with Crippen molar-refractivity contribution in [2.24, 2.45) is 5.73 Å². The first-order chi connectivity index (χ1) is 9.61. The van der Waals surface area contributed by atoms with Gasteiger partial charge in [0.1, 0.15) is 17.6 Å². The van der Waals surface area contributed by atoms with E-state index < -0.39 is 11.9 Å². The molecule has 0 fully saturated rings. The van der Waals surface area contributed by atoms with E-state index in [1.165, 1.54) is 19.2 Å². The minimum atomic E-state index is -0.753. The normalized spacial score (nSPS) is 11.7. The molecule has 4 nitrogen and oxygen atoms in total. The van der Waals surface area contributed by atoms with Crippen molar-refractivity contribution in [3.63, 3.8) is 0 Å². The molecule has 5 heteroatoms. The summed E-state index contributed by atoms with van der Waals surface area (Å²) in [5, 5.41) is 2.98. The van der Waals surface area contributed by atoms with Gasteiger partial charge in [0.05, 0.1) is 7.11 Å². The Labute approximate surface area is 116 Å². The quantitative estimate of drug-likeness (QED) is 0.880. The number of rotatable bonds is 5. The van der Waals surface area contributed by atoms with Crippen LogP contribution in [0.3, 0.4) is 0 Å². The van der Waals surface area contributed by atoms with Crippen LogP contribution in [0.25, 0.3) is 0 Å². The smallest absolute Gasteiger partial charge is 0.244 e. The van der Waals surface area contributed by atoms with Crippen molar-refractivity contribution in [2.75, 3.05) is 12.4 Å². The van der Waals surface area contributed by atoms with Crippen molar-refractivity contribution in [1.29, 1.82) is 0 Å². The van der Waals surface area contributed by atoms with E-state index >= 15 is 0 Å². The summed E-state index contributed by atoms with van der Waals surface area (Å²) in [4.78, 5) is 11.7. The van der Waals surface area contributed by atoms with Crippen LogP contribution in [0.15, 0.2) is 48.5 Å². The second-order valence-electron chi connectivity index (χ2n) is 4.23. The van der Waals surface area contributed by atoms with Crippen LogP contribution in [-0.4, -0.2) is 13.0 Å². The number of carbonyl (C=O) groups is 1. The molecule has 0 aliphatic heterocycles. The zero-order chi connectivity index (χ0) is 14.5. The van der Waals surface area contributed by atoms with E-state index in [0.29, 0.717) is 17.0 Å². The summed E-state index contributed by atoms with van der Waals surface area (Å²) in [6, 6.07) is 12.0. The van der Waals surface area contributed by atoms with Crippen LogP contribution in [0.5, 0.6) is 5.75 Å². The van der Waals surface area contributed by atoms with Gasteiger partial charge in [0.15, 0.2) is 0 Å². The average molecular weight is 274 g/mol. The molecule has 1 atom stereocenters. The number of methoxy groups -OCH3 is 1. The van der Waals surface area contributed by atoms with E-state index in [9.17, 15) is 9.18 Å². The van der Waals surface area contributed by atoms with Crippen LogP contribution in [0.4, 0.5) is 10.1 Å². The topological polar surface area (TPSA) is 64.3 Å². The summed E-state index contributed by atoms with van der Waals surface area (Å²) in [5.74, 6) is -0.326. The maximum Gasteiger partial charge on any atom is 0.244 e. The van der Waals surface area contributed by atoms with Crippen LogP contribution in [0, 0.1) is 5.82 Å². The Hall–Kier alpha value is -2.56. The largest absolute Gasteiger partial charge is 0.496 e. The lowest BCUT2D eigenvalue weighted by molar-refractivity contribution is -0.118. The third kappa shape index (κ3) is 3.06. The maximum absolute atomic E-state index is 12.9. The van der Waals surface area contributed by atoms with Gasteiger partial charge in [-0.25, -0.2) is 4.39 Å². The Kier molecular flexibility index (Phi) is 4.20. The van der Waals surface area contributed by atoms with Gasteiger partial charge in [0, 0.05) is 11.3 Å². The predicted octanol–water partition coefficient (Wildman–Crippen LogP) is 2.47. The molecule has 0 aromatic heterocycles. The molecule has 1 unspecified atom stereocenters. The maximum atomic E-state index is 12.9. The number of hydrogen-bond donors (Lipinski definition) is 2. The summed E-state index contributed by atoms with van der Waals surface area (Å²) in [7, 11) is 1.52. The lowest BCUT2D eigenvalue weighted by atomic mass is 10.0. The fourth-order valence-corrected chi connectivity index (χ4v) is 1.92. The number of primary amides is 1. The highest BCUT2D eigenvalue weighted by Crippen LogP contribution is 2.27. The van der Waals surface area contributed by atoms with E-state index in [0.717, 1.165) is 0 Å². The first kappa shape index (κ1) is 13.9. The molecule has 20 heavy (non-hydrogen) atoms. The molecule has 2 aromatic carbocycles. The van der Waals surface area contributed by atoms with E-state index in [2.05, 4.69) is 5.32 Å². The zero-order valence-electron chi connectivity index (χ0n) is 11.0. The molecule has 0 bridgehead atoms. The van der Waals surface area contributed by atoms with Crippen molar-refractivity contribution in [3.8, 4) is 5.75 Å². The number of carbonyl (C=O) groups excluding carboxylic acids is 1. The number of nitrogens with one attached hydrogen (secondary N) is 1. The van der Waals surface area contributed by atoms with Crippen LogP contribution in [0.1, 0.15) is 11.6 Å². The molecule has 0 heterocycles. The molecule has 1 amide bonds. The second-order valence-corrected chi connectivity index (χ2v) is 4.23. The SMILES string of the molecule is COc1ccccc1C(Nc1ccc(F)cc1)C(N)=O. The molecule has 0 aliphatic rings. The van der Waals surface area contributed by atoms with Gasteiger partial charge in [-0.3, -0.25) is 4.79 Å². The average Bonchev–Trinajstić information content (AvgIpc) is 2.46. The number of nitrogens with two attached hydrogens (primary N) is 1. The van der Waals surface area contributed by atoms with Gasteiger partial charge < -0.3 is 15.8 Å². The molecule has 3 N–H and O–H groups in total. The molecule has 0 saturated heterocycles. The molecule has 104 valence electrons. The number of hydrogen-bond acceptors (Lipinski definition) is 3. The Morgan fingerprint density at radius 2 is 1.85 bits per heavy atom. The van der Waals surface area contributed by atoms with E-state index in [4.69, 9.17) is 10.5 Å². The minimum absolute atomic E-state index is 0.344. The highest BCUT2D eigenvalue weighted by atomic mass is 19.1. The summed E-state index contributed by atoms with van der Waals surface area (Å²) in [6.07, 6.45) is 0. The van der Waals surface area contributed by atoms with Crippen LogP contribution >= 0.6 is 0 Å². The predicted molar refractivity (Wildman–Crippen MR) is 75.0 cm³/mol. The molecule has 0 radical (unpaired) electrons. The van der Waals surface area contributed by atoms with Gasteiger partial charge in [-0.05, 0) is 30.3 Å². The van der Waals surface area contributed by atoms with Crippen LogP contribution in [0.2, 0.25) is 0 Å². The van der Waals surface area contributed by atoms with Gasteiger partial charge >= 0.3 is 0 Å². The number of benzene rings is 2. The van der Waals surface area contributed by atoms with Crippen molar-refractivity contribution < 1.29 is 13.9 Å². The van der Waals surface area contributed by atoms with Crippen LogP contribution < -0.4 is 15.8 Å². The van der Waals surface area contributed by atoms with Gasteiger partial charge in [0.25, 0.3) is 0 Å². The molecule has 0 spiro atoms. The Morgan fingerprint density at radius 1 is 1.20 bits per heavy atom. The Morgan fingerprint density at radius 3 is 2.45 bits per heavy atom. The lowest BCUT2D eigenvalue weighted by Crippen LogP contribution is -2.28. The number of para-hydroxylation sites is 1. The second kappa shape index (κ2) is 6.06. The molecule has 2 aromatic rings. The third-order valence-electron chi connectivity index (χ3n) is 2.89. The summed E-state index contributed by atoms with van der Waals surface area (Å²) >= 11 is 0. The lowest BCUT2D eigenvalue weighted by Gasteiger charge is -2.19. The van der Waals surface area contributed by atoms with Gasteiger partial charge in [0.2, 0.25) is 5.91 Å². The summed E-state index contributed by atoms with van der Waals surface area (Å²) in [5.41, 5.74) is 6.67. The van der Waals surface area contributed by atoms with Crippen molar-refractivity contribution in [3.05, 3.63) is 59.9 Å². The molecule has 0 saturated carbocycles. The Balaban J connectivity index is 2.32. The Bertz CT molecular complexity index is 599. The number of amides is 1. The standard InChI is InChI=1S/C15H15FN2O2/c1-20-13-5-3-2-4-12(13)14(15(17)19)18-11-8-6-10(16)7-9-11/h2-9,14,18H,1H3,(H2,17,19). The molecule has 2 rings (SSSR count). The molecule has 0 aliphatic carbocycles. The molecular weight excluding hydrogens is 259 g/mol. The summed E-state index contributed by atoms with van der Waals surface area (Å²) in [6.45, 7) is 0. The minimum Gasteiger partial charge on any atom is -0.496 e. The van der Waals surface area contributed by atoms with Crippen molar-refractivity contribution >= 4 is 11.6 Å².